The lowest BCUT2D eigenvalue weighted by atomic mass is 9.43. The molecule has 0 aromatic carbocycles. The predicted molar refractivity (Wildman–Crippen MR) is 52.7 cm³/mol. The van der Waals surface area contributed by atoms with Gasteiger partial charge in [-0.1, -0.05) is 13.8 Å². The molecule has 4 atom stereocenters. The van der Waals surface area contributed by atoms with Crippen molar-refractivity contribution in [2.45, 2.75) is 44.8 Å². The molecule has 3 rings (SSSR count). The van der Waals surface area contributed by atoms with Crippen LogP contribution in [0.2, 0.25) is 0 Å². The van der Waals surface area contributed by atoms with E-state index in [2.05, 4.69) is 13.8 Å². The van der Waals surface area contributed by atoms with Crippen LogP contribution in [0.25, 0.3) is 0 Å². The fourth-order valence-electron chi connectivity index (χ4n) is 3.49. The van der Waals surface area contributed by atoms with Crippen LogP contribution in [0.15, 0.2) is 0 Å². The Morgan fingerprint density at radius 2 is 1.93 bits per heavy atom. The van der Waals surface area contributed by atoms with Crippen LogP contribution in [-0.4, -0.2) is 33.6 Å². The van der Waals surface area contributed by atoms with Crippen molar-refractivity contribution < 1.29 is 15.3 Å². The van der Waals surface area contributed by atoms with Gasteiger partial charge < -0.3 is 15.3 Å². The van der Waals surface area contributed by atoms with Crippen LogP contribution in [0.1, 0.15) is 33.1 Å². The first-order valence-electron chi connectivity index (χ1n) is 5.44. The number of aliphatic hydroxyl groups excluding tert-OH is 2. The highest BCUT2D eigenvalue weighted by Crippen LogP contribution is 2.63. The van der Waals surface area contributed by atoms with Crippen molar-refractivity contribution in [1.82, 2.24) is 0 Å². The average Bonchev–Trinajstić information content (AvgIpc) is 2.09. The van der Waals surface area contributed by atoms with Crippen LogP contribution in [0.5, 0.6) is 0 Å². The highest BCUT2D eigenvalue weighted by molar-refractivity contribution is 5.13. The van der Waals surface area contributed by atoms with Crippen molar-refractivity contribution in [3.05, 3.63) is 0 Å². The van der Waals surface area contributed by atoms with E-state index < -0.39 is 11.7 Å². The zero-order chi connectivity index (χ0) is 10.6. The maximum atomic E-state index is 10.4. The number of aliphatic hydroxyl groups is 3. The Morgan fingerprint density at radius 3 is 2.43 bits per heavy atom. The second-order valence-electron chi connectivity index (χ2n) is 5.52. The van der Waals surface area contributed by atoms with Gasteiger partial charge in [-0.15, -0.1) is 0 Å². The predicted octanol–water partition coefficient (Wildman–Crippen LogP) is 0.527. The van der Waals surface area contributed by atoms with Crippen LogP contribution in [0.3, 0.4) is 0 Å². The zero-order valence-corrected chi connectivity index (χ0v) is 8.90. The molecule has 0 spiro atoms. The minimum Gasteiger partial charge on any atom is -0.396 e. The standard InChI is InChI=1S/C11H20O3/c1-10(2)7-5-8(10)11(14,3-4-12)9(13)6-7/h7-9,12-14H,3-6H2,1-2H3/t7-,8-,9+,11-/m1/s1. The molecule has 2 bridgehead atoms. The summed E-state index contributed by atoms with van der Waals surface area (Å²) >= 11 is 0. The molecule has 0 unspecified atom stereocenters. The lowest BCUT2D eigenvalue weighted by molar-refractivity contribution is -0.257. The first kappa shape index (κ1) is 10.4. The van der Waals surface area contributed by atoms with Gasteiger partial charge in [-0.05, 0) is 30.1 Å². The summed E-state index contributed by atoms with van der Waals surface area (Å²) in [6, 6.07) is 0. The van der Waals surface area contributed by atoms with Crippen LogP contribution >= 0.6 is 0 Å². The third kappa shape index (κ3) is 1.09. The van der Waals surface area contributed by atoms with E-state index in [0.717, 1.165) is 6.42 Å². The molecule has 0 radical (unpaired) electrons. The average molecular weight is 200 g/mol. The van der Waals surface area contributed by atoms with E-state index in [-0.39, 0.29) is 17.9 Å². The molecule has 3 aliphatic carbocycles. The summed E-state index contributed by atoms with van der Waals surface area (Å²) in [4.78, 5) is 0. The minimum atomic E-state index is -1.05. The van der Waals surface area contributed by atoms with Crippen molar-refractivity contribution in [1.29, 1.82) is 0 Å². The molecular weight excluding hydrogens is 180 g/mol. The molecule has 3 aliphatic rings. The highest BCUT2D eigenvalue weighted by Gasteiger charge is 2.64. The zero-order valence-electron chi connectivity index (χ0n) is 8.90. The molecule has 0 aliphatic heterocycles. The van der Waals surface area contributed by atoms with Crippen LogP contribution in [-0.2, 0) is 0 Å². The molecule has 3 fully saturated rings. The number of fused-ring (bicyclic) bond motifs is 2. The molecule has 3 heteroatoms. The maximum Gasteiger partial charge on any atom is 0.0960 e. The second kappa shape index (κ2) is 2.94. The van der Waals surface area contributed by atoms with Crippen molar-refractivity contribution in [3.63, 3.8) is 0 Å². The van der Waals surface area contributed by atoms with E-state index in [1.165, 1.54) is 0 Å². The van der Waals surface area contributed by atoms with Gasteiger partial charge in [0.2, 0.25) is 0 Å². The van der Waals surface area contributed by atoms with Crippen molar-refractivity contribution in [2.24, 2.45) is 17.3 Å². The smallest absolute Gasteiger partial charge is 0.0960 e. The molecule has 0 saturated heterocycles. The van der Waals surface area contributed by atoms with Crippen LogP contribution in [0.4, 0.5) is 0 Å². The van der Waals surface area contributed by atoms with Gasteiger partial charge in [0.1, 0.15) is 0 Å². The molecule has 0 aromatic rings. The van der Waals surface area contributed by atoms with E-state index in [1.807, 2.05) is 0 Å². The van der Waals surface area contributed by atoms with Crippen molar-refractivity contribution >= 4 is 0 Å². The summed E-state index contributed by atoms with van der Waals surface area (Å²) in [5, 5.41) is 29.1. The van der Waals surface area contributed by atoms with Crippen LogP contribution in [0, 0.1) is 17.3 Å². The lowest BCUT2D eigenvalue weighted by Crippen LogP contribution is -2.67. The lowest BCUT2D eigenvalue weighted by Gasteiger charge is -2.65. The van der Waals surface area contributed by atoms with Crippen molar-refractivity contribution in [2.75, 3.05) is 6.61 Å². The Bertz CT molecular complexity index is 239. The van der Waals surface area contributed by atoms with Gasteiger partial charge in [-0.2, -0.15) is 0 Å². The molecular formula is C11H20O3. The molecule has 14 heavy (non-hydrogen) atoms. The first-order chi connectivity index (χ1) is 6.43. The van der Waals surface area contributed by atoms with Gasteiger partial charge >= 0.3 is 0 Å². The fourth-order valence-corrected chi connectivity index (χ4v) is 3.49. The Morgan fingerprint density at radius 1 is 1.29 bits per heavy atom. The Labute approximate surface area is 84.8 Å². The summed E-state index contributed by atoms with van der Waals surface area (Å²) in [5.74, 6) is 0.692. The quantitative estimate of drug-likeness (QED) is 0.609. The summed E-state index contributed by atoms with van der Waals surface area (Å²) in [6.07, 6.45) is 1.33. The molecule has 0 amide bonds. The molecule has 0 aromatic heterocycles. The number of hydrogen-bond donors (Lipinski definition) is 3. The van der Waals surface area contributed by atoms with Gasteiger partial charge in [0.05, 0.1) is 11.7 Å². The van der Waals surface area contributed by atoms with E-state index in [0.29, 0.717) is 18.8 Å². The number of rotatable bonds is 2. The van der Waals surface area contributed by atoms with Gasteiger partial charge in [-0.25, -0.2) is 0 Å². The number of hydrogen-bond acceptors (Lipinski definition) is 3. The van der Waals surface area contributed by atoms with Gasteiger partial charge in [-0.3, -0.25) is 0 Å². The molecule has 82 valence electrons. The molecule has 0 heterocycles. The molecule has 3 N–H and O–H groups in total. The summed E-state index contributed by atoms with van der Waals surface area (Å²) in [5.41, 5.74) is -0.920. The Hall–Kier alpha value is -0.120. The monoisotopic (exact) mass is 200 g/mol. The summed E-state index contributed by atoms with van der Waals surface area (Å²) in [6.45, 7) is 4.25. The molecule has 3 nitrogen and oxygen atoms in total. The van der Waals surface area contributed by atoms with E-state index in [4.69, 9.17) is 5.11 Å². The maximum absolute atomic E-state index is 10.4. The topological polar surface area (TPSA) is 60.7 Å². The van der Waals surface area contributed by atoms with Crippen molar-refractivity contribution in [3.8, 4) is 0 Å². The summed E-state index contributed by atoms with van der Waals surface area (Å²) in [7, 11) is 0. The van der Waals surface area contributed by atoms with E-state index >= 15 is 0 Å². The van der Waals surface area contributed by atoms with Gasteiger partial charge in [0, 0.05) is 13.0 Å². The van der Waals surface area contributed by atoms with Gasteiger partial charge in [0.25, 0.3) is 0 Å². The SMILES string of the molecule is CC1(C)[C@@H]2C[C@H]1[C@](O)(CCO)[C@@H](O)C2. The Kier molecular flexibility index (Phi) is 2.18. The first-order valence-corrected chi connectivity index (χ1v) is 5.44. The van der Waals surface area contributed by atoms with Gasteiger partial charge in [0.15, 0.2) is 0 Å². The molecule has 3 saturated carbocycles. The Balaban J connectivity index is 2.22. The van der Waals surface area contributed by atoms with Crippen LogP contribution < -0.4 is 0 Å². The fraction of sp³-hybridized carbons (Fsp3) is 1.00. The third-order valence-electron chi connectivity index (χ3n) is 4.67. The highest BCUT2D eigenvalue weighted by atomic mass is 16.3. The van der Waals surface area contributed by atoms with E-state index in [1.54, 1.807) is 0 Å². The van der Waals surface area contributed by atoms with E-state index in [9.17, 15) is 10.2 Å². The summed E-state index contributed by atoms with van der Waals surface area (Å²) < 4.78 is 0. The minimum absolute atomic E-state index is 0.0508. The largest absolute Gasteiger partial charge is 0.396 e. The second-order valence-corrected chi connectivity index (χ2v) is 5.52. The third-order valence-corrected chi connectivity index (χ3v) is 4.67. The normalized spacial score (nSPS) is 49.9.